The zero-order chi connectivity index (χ0) is 11.0. The van der Waals surface area contributed by atoms with Crippen molar-refractivity contribution in [1.82, 2.24) is 0 Å². The Hall–Kier alpha value is -1.84. The largest absolute Gasteiger partial charge is 0.508 e. The normalized spacial score (nSPS) is 10.6. The minimum absolute atomic E-state index is 0.0219. The number of fused-ring (bicyclic) bond motifs is 1. The number of hydrogen-bond acceptors (Lipinski definition) is 2. The van der Waals surface area contributed by atoms with Gasteiger partial charge in [0, 0.05) is 16.8 Å². The van der Waals surface area contributed by atoms with E-state index < -0.39 is 11.6 Å². The van der Waals surface area contributed by atoms with Crippen LogP contribution in [-0.2, 0) is 0 Å². The van der Waals surface area contributed by atoms with Crippen LogP contribution in [0.25, 0.3) is 10.8 Å². The number of phenols is 1. The second-order valence-corrected chi connectivity index (χ2v) is 3.10. The molecule has 0 amide bonds. The van der Waals surface area contributed by atoms with Crippen molar-refractivity contribution in [2.75, 3.05) is 7.11 Å². The molecule has 0 unspecified atom stereocenters. The van der Waals surface area contributed by atoms with Crippen LogP contribution in [0.15, 0.2) is 24.3 Å². The van der Waals surface area contributed by atoms with Crippen LogP contribution in [0.4, 0.5) is 8.78 Å². The van der Waals surface area contributed by atoms with Crippen LogP contribution < -0.4 is 4.74 Å². The number of methoxy groups -OCH3 is 1. The molecule has 0 fully saturated rings. The maximum Gasteiger partial charge on any atom is 0.168 e. The number of hydrogen-bond donors (Lipinski definition) is 1. The average Bonchev–Trinajstić information content (AvgIpc) is 2.19. The molecule has 2 aromatic rings. The highest BCUT2D eigenvalue weighted by atomic mass is 19.1. The summed E-state index contributed by atoms with van der Waals surface area (Å²) in [5, 5.41) is 9.62. The number of rotatable bonds is 1. The van der Waals surface area contributed by atoms with Crippen molar-refractivity contribution >= 4 is 10.8 Å². The molecule has 0 radical (unpaired) electrons. The standard InChI is InChI=1S/C11H8F2O2/c1-15-11-7-3-2-6(14)4-8(7)9(12)5-10(11)13/h2-5,14H,1H3. The SMILES string of the molecule is COc1c(F)cc(F)c2cc(O)ccc12. The summed E-state index contributed by atoms with van der Waals surface area (Å²) in [7, 11) is 1.31. The number of ether oxygens (including phenoxy) is 1. The molecule has 15 heavy (non-hydrogen) atoms. The third kappa shape index (κ3) is 1.48. The Morgan fingerprint density at radius 1 is 1.07 bits per heavy atom. The summed E-state index contributed by atoms with van der Waals surface area (Å²) in [5.41, 5.74) is 0. The molecule has 2 aromatic carbocycles. The van der Waals surface area contributed by atoms with E-state index in [-0.39, 0.29) is 16.9 Å². The van der Waals surface area contributed by atoms with Gasteiger partial charge in [-0.05, 0) is 18.2 Å². The summed E-state index contributed by atoms with van der Waals surface area (Å²) >= 11 is 0. The Morgan fingerprint density at radius 3 is 2.47 bits per heavy atom. The van der Waals surface area contributed by atoms with E-state index in [1.807, 2.05) is 0 Å². The summed E-state index contributed by atoms with van der Waals surface area (Å²) in [6, 6.07) is 4.73. The molecule has 0 bridgehead atoms. The molecular weight excluding hydrogens is 202 g/mol. The molecular formula is C11H8F2O2. The minimum atomic E-state index is -0.756. The Bertz CT molecular complexity index is 523. The van der Waals surface area contributed by atoms with Crippen molar-refractivity contribution in [2.24, 2.45) is 0 Å². The van der Waals surface area contributed by atoms with Gasteiger partial charge >= 0.3 is 0 Å². The quantitative estimate of drug-likeness (QED) is 0.784. The second-order valence-electron chi connectivity index (χ2n) is 3.10. The fourth-order valence-electron chi connectivity index (χ4n) is 1.52. The molecule has 2 nitrogen and oxygen atoms in total. The summed E-state index contributed by atoms with van der Waals surface area (Å²) in [4.78, 5) is 0. The van der Waals surface area contributed by atoms with Crippen molar-refractivity contribution < 1.29 is 18.6 Å². The molecule has 2 rings (SSSR count). The van der Waals surface area contributed by atoms with Gasteiger partial charge in [-0.15, -0.1) is 0 Å². The molecule has 0 spiro atoms. The Labute approximate surface area is 84.7 Å². The van der Waals surface area contributed by atoms with Crippen molar-refractivity contribution in [1.29, 1.82) is 0 Å². The van der Waals surface area contributed by atoms with E-state index in [4.69, 9.17) is 4.74 Å². The van der Waals surface area contributed by atoms with E-state index in [0.29, 0.717) is 5.39 Å². The first-order valence-electron chi connectivity index (χ1n) is 4.28. The van der Waals surface area contributed by atoms with Crippen LogP contribution in [-0.4, -0.2) is 12.2 Å². The van der Waals surface area contributed by atoms with Gasteiger partial charge in [0.1, 0.15) is 11.6 Å². The third-order valence-corrected chi connectivity index (χ3v) is 2.18. The first-order chi connectivity index (χ1) is 7.13. The van der Waals surface area contributed by atoms with Crippen molar-refractivity contribution in [3.8, 4) is 11.5 Å². The molecule has 0 saturated heterocycles. The zero-order valence-electron chi connectivity index (χ0n) is 7.92. The van der Waals surface area contributed by atoms with E-state index >= 15 is 0 Å². The number of aromatic hydroxyl groups is 1. The van der Waals surface area contributed by atoms with Crippen LogP contribution in [0, 0.1) is 11.6 Å². The molecule has 78 valence electrons. The van der Waals surface area contributed by atoms with Crippen LogP contribution >= 0.6 is 0 Å². The van der Waals surface area contributed by atoms with Crippen molar-refractivity contribution in [3.05, 3.63) is 35.9 Å². The van der Waals surface area contributed by atoms with Crippen LogP contribution in [0.2, 0.25) is 0 Å². The summed E-state index contributed by atoms with van der Waals surface area (Å²) < 4.78 is 31.4. The number of phenolic OH excluding ortho intramolecular Hbond substituents is 1. The molecule has 0 aliphatic rings. The number of halogens is 2. The molecule has 0 heterocycles. The van der Waals surface area contributed by atoms with E-state index in [0.717, 1.165) is 6.07 Å². The Kier molecular flexibility index (Phi) is 2.19. The van der Waals surface area contributed by atoms with Crippen molar-refractivity contribution in [3.63, 3.8) is 0 Å². The lowest BCUT2D eigenvalue weighted by Gasteiger charge is -2.07. The van der Waals surface area contributed by atoms with Crippen LogP contribution in [0.5, 0.6) is 11.5 Å². The number of benzene rings is 2. The predicted octanol–water partition coefficient (Wildman–Crippen LogP) is 2.83. The topological polar surface area (TPSA) is 29.5 Å². The van der Waals surface area contributed by atoms with Gasteiger partial charge in [0.05, 0.1) is 7.11 Å². The first-order valence-corrected chi connectivity index (χ1v) is 4.28. The van der Waals surface area contributed by atoms with Crippen LogP contribution in [0.3, 0.4) is 0 Å². The predicted molar refractivity (Wildman–Crippen MR) is 52.1 cm³/mol. The van der Waals surface area contributed by atoms with Crippen molar-refractivity contribution in [2.45, 2.75) is 0 Å². The Morgan fingerprint density at radius 2 is 1.80 bits per heavy atom. The van der Waals surface area contributed by atoms with Gasteiger partial charge in [0.25, 0.3) is 0 Å². The summed E-state index contributed by atoms with van der Waals surface area (Å²) in [6.07, 6.45) is 0. The summed E-state index contributed by atoms with van der Waals surface area (Å²) in [5.74, 6) is -1.58. The molecule has 1 N–H and O–H groups in total. The highest BCUT2D eigenvalue weighted by Gasteiger charge is 2.12. The lowest BCUT2D eigenvalue weighted by atomic mass is 10.1. The van der Waals surface area contributed by atoms with Crippen LogP contribution in [0.1, 0.15) is 0 Å². The molecule has 0 atom stereocenters. The second kappa shape index (κ2) is 3.38. The first kappa shape index (κ1) is 9.71. The highest BCUT2D eigenvalue weighted by Crippen LogP contribution is 2.32. The van der Waals surface area contributed by atoms with Gasteiger partial charge in [-0.1, -0.05) is 0 Å². The lowest BCUT2D eigenvalue weighted by molar-refractivity contribution is 0.390. The average molecular weight is 210 g/mol. The molecule has 0 aliphatic heterocycles. The molecule has 4 heteroatoms. The molecule has 0 aliphatic carbocycles. The van der Waals surface area contributed by atoms with Gasteiger partial charge in [-0.3, -0.25) is 0 Å². The van der Waals surface area contributed by atoms with E-state index in [2.05, 4.69) is 0 Å². The molecule has 0 aromatic heterocycles. The Balaban J connectivity index is 2.90. The fraction of sp³-hybridized carbons (Fsp3) is 0.0909. The van der Waals surface area contributed by atoms with Gasteiger partial charge in [-0.25, -0.2) is 8.78 Å². The summed E-state index contributed by atoms with van der Waals surface area (Å²) in [6.45, 7) is 0. The maximum atomic E-state index is 13.3. The zero-order valence-corrected chi connectivity index (χ0v) is 7.92. The monoisotopic (exact) mass is 210 g/mol. The molecule has 0 saturated carbocycles. The van der Waals surface area contributed by atoms with E-state index in [1.54, 1.807) is 0 Å². The van der Waals surface area contributed by atoms with Gasteiger partial charge in [0.15, 0.2) is 11.6 Å². The maximum absolute atomic E-state index is 13.3. The van der Waals surface area contributed by atoms with Gasteiger partial charge in [0.2, 0.25) is 0 Å². The van der Waals surface area contributed by atoms with Gasteiger partial charge < -0.3 is 9.84 Å². The third-order valence-electron chi connectivity index (χ3n) is 2.18. The lowest BCUT2D eigenvalue weighted by Crippen LogP contribution is -1.92. The highest BCUT2D eigenvalue weighted by molar-refractivity contribution is 5.90. The smallest absolute Gasteiger partial charge is 0.168 e. The van der Waals surface area contributed by atoms with E-state index in [9.17, 15) is 13.9 Å². The van der Waals surface area contributed by atoms with E-state index in [1.165, 1.54) is 25.3 Å². The minimum Gasteiger partial charge on any atom is -0.508 e. The van der Waals surface area contributed by atoms with Gasteiger partial charge in [-0.2, -0.15) is 0 Å². The fourth-order valence-corrected chi connectivity index (χ4v) is 1.52.